The average molecular weight is 393 g/mol. The molecule has 0 unspecified atom stereocenters. The third kappa shape index (κ3) is 5.05. The third-order valence-corrected chi connectivity index (χ3v) is 4.77. The Labute approximate surface area is 165 Å². The molecule has 0 heterocycles. The van der Waals surface area contributed by atoms with Crippen LogP contribution in [0.5, 0.6) is 5.75 Å². The molecule has 0 atom stereocenters. The average Bonchev–Trinajstić information content (AvgIpc) is 2.73. The lowest BCUT2D eigenvalue weighted by Gasteiger charge is -2.06. The number of hydrogen-bond acceptors (Lipinski definition) is 6. The van der Waals surface area contributed by atoms with Gasteiger partial charge in [0.1, 0.15) is 5.75 Å². The van der Waals surface area contributed by atoms with Crippen LogP contribution in [0.25, 0.3) is 0 Å². The van der Waals surface area contributed by atoms with Crippen LogP contribution in [0.2, 0.25) is 0 Å². The standard InChI is InChI=1S/C21H15NO5S/c23-20(14-28-19-12-8-17(9-13-19)22(25)26)27-18-10-6-16(7-11-18)21(24)15-4-2-1-3-5-15/h1-13H,14H2. The van der Waals surface area contributed by atoms with Crippen molar-refractivity contribution in [3.8, 4) is 5.75 Å². The lowest BCUT2D eigenvalue weighted by molar-refractivity contribution is -0.384. The number of rotatable bonds is 7. The summed E-state index contributed by atoms with van der Waals surface area (Å²) in [6, 6.07) is 21.2. The lowest BCUT2D eigenvalue weighted by Crippen LogP contribution is -2.10. The van der Waals surface area contributed by atoms with E-state index in [4.69, 9.17) is 4.74 Å². The summed E-state index contributed by atoms with van der Waals surface area (Å²) in [7, 11) is 0. The number of nitro benzene ring substituents is 1. The van der Waals surface area contributed by atoms with E-state index in [2.05, 4.69) is 0 Å². The molecular formula is C21H15NO5S. The molecule has 3 rings (SSSR count). The summed E-state index contributed by atoms with van der Waals surface area (Å²) in [5, 5.41) is 10.6. The van der Waals surface area contributed by atoms with Crippen LogP contribution in [0.1, 0.15) is 15.9 Å². The van der Waals surface area contributed by atoms with Gasteiger partial charge in [-0.3, -0.25) is 19.7 Å². The van der Waals surface area contributed by atoms with Crippen LogP contribution in [0.3, 0.4) is 0 Å². The Balaban J connectivity index is 1.54. The van der Waals surface area contributed by atoms with Crippen LogP contribution in [-0.4, -0.2) is 22.4 Å². The summed E-state index contributed by atoms with van der Waals surface area (Å²) in [5.41, 5.74) is 1.09. The van der Waals surface area contributed by atoms with E-state index in [1.807, 2.05) is 6.07 Å². The molecule has 0 saturated heterocycles. The molecule has 140 valence electrons. The fraction of sp³-hybridized carbons (Fsp3) is 0.0476. The summed E-state index contributed by atoms with van der Waals surface area (Å²) in [5.74, 6) is -0.153. The van der Waals surface area contributed by atoms with Crippen LogP contribution in [0, 0.1) is 10.1 Å². The molecule has 0 N–H and O–H groups in total. The molecule has 0 amide bonds. The van der Waals surface area contributed by atoms with E-state index in [9.17, 15) is 19.7 Å². The molecule has 0 fully saturated rings. The van der Waals surface area contributed by atoms with Gasteiger partial charge in [-0.1, -0.05) is 30.3 Å². The Kier molecular flexibility index (Phi) is 6.18. The molecule has 0 aliphatic heterocycles. The largest absolute Gasteiger partial charge is 0.426 e. The van der Waals surface area contributed by atoms with Crippen LogP contribution in [0.15, 0.2) is 83.8 Å². The molecular weight excluding hydrogens is 378 g/mol. The molecule has 0 aliphatic rings. The molecule has 0 bridgehead atoms. The fourth-order valence-electron chi connectivity index (χ4n) is 2.40. The number of carbonyl (C=O) groups is 2. The van der Waals surface area contributed by atoms with Gasteiger partial charge >= 0.3 is 5.97 Å². The lowest BCUT2D eigenvalue weighted by atomic mass is 10.0. The van der Waals surface area contributed by atoms with Crippen LogP contribution < -0.4 is 4.74 Å². The van der Waals surface area contributed by atoms with E-state index in [0.29, 0.717) is 16.9 Å². The molecule has 0 saturated carbocycles. The van der Waals surface area contributed by atoms with Crippen LogP contribution in [0.4, 0.5) is 5.69 Å². The summed E-state index contributed by atoms with van der Waals surface area (Å²) >= 11 is 1.22. The van der Waals surface area contributed by atoms with Gasteiger partial charge in [0.2, 0.25) is 0 Å². The Morgan fingerprint density at radius 3 is 2.07 bits per heavy atom. The molecule has 28 heavy (non-hydrogen) atoms. The van der Waals surface area contributed by atoms with Gasteiger partial charge in [0, 0.05) is 28.2 Å². The summed E-state index contributed by atoms with van der Waals surface area (Å²) in [6.45, 7) is 0. The number of nitrogens with zero attached hydrogens (tertiary/aromatic N) is 1. The van der Waals surface area contributed by atoms with Crippen molar-refractivity contribution >= 4 is 29.2 Å². The minimum absolute atomic E-state index is 0.00272. The van der Waals surface area contributed by atoms with E-state index in [1.165, 1.54) is 23.9 Å². The van der Waals surface area contributed by atoms with Gasteiger partial charge in [-0.15, -0.1) is 11.8 Å². The van der Waals surface area contributed by atoms with E-state index in [-0.39, 0.29) is 17.2 Å². The zero-order valence-electron chi connectivity index (χ0n) is 14.6. The van der Waals surface area contributed by atoms with Crippen molar-refractivity contribution in [3.63, 3.8) is 0 Å². The zero-order valence-corrected chi connectivity index (χ0v) is 15.4. The second-order valence-corrected chi connectivity index (χ2v) is 6.78. The smallest absolute Gasteiger partial charge is 0.321 e. The van der Waals surface area contributed by atoms with E-state index in [0.717, 1.165) is 4.90 Å². The quantitative estimate of drug-likeness (QED) is 0.146. The number of carbonyl (C=O) groups excluding carboxylic acids is 2. The third-order valence-electron chi connectivity index (χ3n) is 3.79. The zero-order chi connectivity index (χ0) is 19.9. The SMILES string of the molecule is O=C(CSc1ccc([N+](=O)[O-])cc1)Oc1ccc(C(=O)c2ccccc2)cc1. The molecule has 0 aromatic heterocycles. The summed E-state index contributed by atoms with van der Waals surface area (Å²) in [6.07, 6.45) is 0. The molecule has 3 aromatic rings. The van der Waals surface area contributed by atoms with E-state index >= 15 is 0 Å². The Morgan fingerprint density at radius 2 is 1.46 bits per heavy atom. The maximum Gasteiger partial charge on any atom is 0.321 e. The Morgan fingerprint density at radius 1 is 0.857 bits per heavy atom. The molecule has 0 radical (unpaired) electrons. The highest BCUT2D eigenvalue weighted by atomic mass is 32.2. The van der Waals surface area contributed by atoms with Gasteiger partial charge in [-0.2, -0.15) is 0 Å². The second kappa shape index (κ2) is 8.96. The van der Waals surface area contributed by atoms with Gasteiger partial charge < -0.3 is 4.74 Å². The van der Waals surface area contributed by atoms with Gasteiger partial charge in [0.05, 0.1) is 10.7 Å². The highest BCUT2D eigenvalue weighted by Crippen LogP contribution is 2.22. The van der Waals surface area contributed by atoms with Crippen molar-refractivity contribution in [1.82, 2.24) is 0 Å². The van der Waals surface area contributed by atoms with Crippen molar-refractivity contribution < 1.29 is 19.2 Å². The van der Waals surface area contributed by atoms with E-state index in [1.54, 1.807) is 60.7 Å². The van der Waals surface area contributed by atoms with Crippen molar-refractivity contribution in [2.45, 2.75) is 4.90 Å². The number of benzene rings is 3. The highest BCUT2D eigenvalue weighted by Gasteiger charge is 2.11. The van der Waals surface area contributed by atoms with Gasteiger partial charge in [0.25, 0.3) is 5.69 Å². The monoisotopic (exact) mass is 393 g/mol. The van der Waals surface area contributed by atoms with Crippen molar-refractivity contribution in [2.24, 2.45) is 0 Å². The van der Waals surface area contributed by atoms with Crippen LogP contribution >= 0.6 is 11.8 Å². The van der Waals surface area contributed by atoms with Gasteiger partial charge in [-0.05, 0) is 36.4 Å². The van der Waals surface area contributed by atoms with Crippen molar-refractivity contribution in [2.75, 3.05) is 5.75 Å². The number of ketones is 1. The first-order valence-corrected chi connectivity index (χ1v) is 9.29. The Bertz CT molecular complexity index is 986. The first kappa shape index (κ1) is 19.3. The number of nitro groups is 1. The topological polar surface area (TPSA) is 86.5 Å². The molecule has 3 aromatic carbocycles. The number of esters is 1. The molecule has 6 nitrogen and oxygen atoms in total. The van der Waals surface area contributed by atoms with Crippen molar-refractivity contribution in [1.29, 1.82) is 0 Å². The number of thioether (sulfide) groups is 1. The first-order valence-electron chi connectivity index (χ1n) is 8.31. The van der Waals surface area contributed by atoms with Gasteiger partial charge in [0.15, 0.2) is 5.78 Å². The predicted octanol–water partition coefficient (Wildman–Crippen LogP) is 4.52. The normalized spacial score (nSPS) is 10.3. The maximum absolute atomic E-state index is 12.4. The molecule has 0 aliphatic carbocycles. The second-order valence-electron chi connectivity index (χ2n) is 5.73. The number of non-ortho nitro benzene ring substituents is 1. The van der Waals surface area contributed by atoms with E-state index < -0.39 is 10.9 Å². The minimum atomic E-state index is -0.477. The maximum atomic E-state index is 12.4. The van der Waals surface area contributed by atoms with Crippen molar-refractivity contribution in [3.05, 3.63) is 100 Å². The fourth-order valence-corrected chi connectivity index (χ4v) is 3.07. The number of hydrogen-bond donors (Lipinski definition) is 0. The minimum Gasteiger partial charge on any atom is -0.426 e. The molecule has 7 heteroatoms. The van der Waals surface area contributed by atoms with Crippen LogP contribution in [-0.2, 0) is 4.79 Å². The molecule has 0 spiro atoms. The summed E-state index contributed by atoms with van der Waals surface area (Å²) in [4.78, 5) is 35.2. The predicted molar refractivity (Wildman–Crippen MR) is 106 cm³/mol. The highest BCUT2D eigenvalue weighted by molar-refractivity contribution is 8.00. The Hall–Kier alpha value is -3.45. The number of ether oxygens (including phenoxy) is 1. The summed E-state index contributed by atoms with van der Waals surface area (Å²) < 4.78 is 5.26. The first-order chi connectivity index (χ1) is 13.5. The van der Waals surface area contributed by atoms with Gasteiger partial charge in [-0.25, -0.2) is 0 Å².